The Labute approximate surface area is 138 Å². The van der Waals surface area contributed by atoms with Crippen LogP contribution in [0.2, 0.25) is 0 Å². The third kappa shape index (κ3) is 3.45. The maximum atomic E-state index is 12.5. The van der Waals surface area contributed by atoms with Crippen LogP contribution in [0.4, 0.5) is 0 Å². The van der Waals surface area contributed by atoms with Crippen LogP contribution in [-0.2, 0) is 28.0 Å². The van der Waals surface area contributed by atoms with Crippen LogP contribution >= 0.6 is 0 Å². The van der Waals surface area contributed by atoms with Crippen LogP contribution in [0, 0.1) is 5.92 Å². The Bertz CT molecular complexity index is 652. The van der Waals surface area contributed by atoms with Crippen molar-refractivity contribution in [2.75, 3.05) is 33.9 Å². The van der Waals surface area contributed by atoms with Gasteiger partial charge in [-0.2, -0.15) is 17.0 Å². The summed E-state index contributed by atoms with van der Waals surface area (Å²) < 4.78 is 35.6. The highest BCUT2D eigenvalue weighted by Gasteiger charge is 2.37. The van der Waals surface area contributed by atoms with Crippen molar-refractivity contribution in [2.24, 2.45) is 5.92 Å². The van der Waals surface area contributed by atoms with Gasteiger partial charge in [0.1, 0.15) is 0 Å². The Morgan fingerprint density at radius 3 is 2.74 bits per heavy atom. The second-order valence-electron chi connectivity index (χ2n) is 6.61. The predicted octanol–water partition coefficient (Wildman–Crippen LogP) is 1.04. The summed E-state index contributed by atoms with van der Waals surface area (Å²) in [5, 5.41) is 0. The number of aromatic nitrogens is 2. The van der Waals surface area contributed by atoms with Gasteiger partial charge in [0.25, 0.3) is 10.2 Å². The number of nitrogens with zero attached hydrogens (tertiary/aromatic N) is 4. The molecule has 0 aromatic carbocycles. The topological polar surface area (TPSA) is 67.7 Å². The van der Waals surface area contributed by atoms with E-state index in [-0.39, 0.29) is 5.92 Å². The Balaban J connectivity index is 1.88. The second-order valence-corrected chi connectivity index (χ2v) is 8.75. The van der Waals surface area contributed by atoms with E-state index in [1.807, 2.05) is 13.3 Å². The van der Waals surface area contributed by atoms with Crippen molar-refractivity contribution in [1.82, 2.24) is 18.2 Å². The molecule has 130 valence electrons. The average molecular weight is 342 g/mol. The summed E-state index contributed by atoms with van der Waals surface area (Å²) in [4.78, 5) is 4.50. The van der Waals surface area contributed by atoms with Crippen LogP contribution in [0.5, 0.6) is 0 Å². The van der Waals surface area contributed by atoms with E-state index in [0.29, 0.717) is 26.3 Å². The lowest BCUT2D eigenvalue weighted by atomic mass is 10.0. The standard InChI is InChI=1S/C15H26N4O3S/c1-4-22-10-13-8-19(23(20,21)17(2)3)9-14-15(13)18(11-16-14)7-12-5-6-12/h11-13H,4-10H2,1-3H3. The molecule has 3 rings (SSSR count). The van der Waals surface area contributed by atoms with E-state index in [2.05, 4.69) is 9.55 Å². The molecule has 23 heavy (non-hydrogen) atoms. The zero-order valence-electron chi connectivity index (χ0n) is 14.1. The molecule has 1 aliphatic heterocycles. The van der Waals surface area contributed by atoms with Gasteiger partial charge in [-0.1, -0.05) is 0 Å². The van der Waals surface area contributed by atoms with E-state index >= 15 is 0 Å². The summed E-state index contributed by atoms with van der Waals surface area (Å²) in [6, 6.07) is 0. The van der Waals surface area contributed by atoms with Crippen molar-refractivity contribution in [2.45, 2.75) is 38.8 Å². The van der Waals surface area contributed by atoms with Gasteiger partial charge in [-0.05, 0) is 25.7 Å². The van der Waals surface area contributed by atoms with Crippen molar-refractivity contribution in [3.05, 3.63) is 17.7 Å². The Kier molecular flexibility index (Phi) is 4.78. The molecule has 1 saturated carbocycles. The quantitative estimate of drug-likeness (QED) is 0.742. The third-order valence-electron chi connectivity index (χ3n) is 4.56. The smallest absolute Gasteiger partial charge is 0.281 e. The van der Waals surface area contributed by atoms with E-state index in [9.17, 15) is 8.42 Å². The number of hydrogen-bond donors (Lipinski definition) is 0. The van der Waals surface area contributed by atoms with E-state index in [1.165, 1.54) is 21.5 Å². The average Bonchev–Trinajstić information content (AvgIpc) is 3.23. The van der Waals surface area contributed by atoms with Crippen molar-refractivity contribution in [3.8, 4) is 0 Å². The fourth-order valence-electron chi connectivity index (χ4n) is 3.11. The molecule has 2 aliphatic rings. The minimum Gasteiger partial charge on any atom is -0.381 e. The molecule has 1 aromatic rings. The van der Waals surface area contributed by atoms with Gasteiger partial charge < -0.3 is 9.30 Å². The lowest BCUT2D eigenvalue weighted by Crippen LogP contribution is -2.45. The molecule has 1 atom stereocenters. The monoisotopic (exact) mass is 342 g/mol. The van der Waals surface area contributed by atoms with Gasteiger partial charge in [0.2, 0.25) is 0 Å². The largest absolute Gasteiger partial charge is 0.381 e. The second kappa shape index (κ2) is 6.51. The van der Waals surface area contributed by atoms with Gasteiger partial charge >= 0.3 is 0 Å². The van der Waals surface area contributed by atoms with Gasteiger partial charge in [0.05, 0.1) is 25.2 Å². The summed E-state index contributed by atoms with van der Waals surface area (Å²) in [6.45, 7) is 4.90. The summed E-state index contributed by atoms with van der Waals surface area (Å²) in [7, 11) is -0.313. The van der Waals surface area contributed by atoms with Gasteiger partial charge in [-0.15, -0.1) is 0 Å². The van der Waals surface area contributed by atoms with Crippen LogP contribution in [-0.4, -0.2) is 60.4 Å². The highest BCUT2D eigenvalue weighted by Crippen LogP contribution is 2.35. The van der Waals surface area contributed by atoms with E-state index in [0.717, 1.165) is 23.9 Å². The molecule has 2 heterocycles. The number of imidazole rings is 1. The lowest BCUT2D eigenvalue weighted by molar-refractivity contribution is 0.118. The molecule has 0 N–H and O–H groups in total. The van der Waals surface area contributed by atoms with Crippen LogP contribution < -0.4 is 0 Å². The summed E-state index contributed by atoms with van der Waals surface area (Å²) >= 11 is 0. The van der Waals surface area contributed by atoms with Gasteiger partial charge in [0.15, 0.2) is 0 Å². The normalized spacial score (nSPS) is 22.5. The molecule has 0 saturated heterocycles. The van der Waals surface area contributed by atoms with E-state index in [1.54, 1.807) is 14.1 Å². The molecule has 8 heteroatoms. The first-order chi connectivity index (χ1) is 10.9. The van der Waals surface area contributed by atoms with Crippen LogP contribution in [0.3, 0.4) is 0 Å². The molecule has 1 aliphatic carbocycles. The molecule has 7 nitrogen and oxygen atoms in total. The van der Waals surface area contributed by atoms with Crippen molar-refractivity contribution >= 4 is 10.2 Å². The Morgan fingerprint density at radius 1 is 1.39 bits per heavy atom. The number of fused-ring (bicyclic) bond motifs is 1. The van der Waals surface area contributed by atoms with Gasteiger partial charge in [-0.25, -0.2) is 4.98 Å². The van der Waals surface area contributed by atoms with E-state index in [4.69, 9.17) is 4.74 Å². The maximum Gasteiger partial charge on any atom is 0.281 e. The first-order valence-electron chi connectivity index (χ1n) is 8.22. The van der Waals surface area contributed by atoms with Crippen LogP contribution in [0.25, 0.3) is 0 Å². The molecule has 0 bridgehead atoms. The maximum absolute atomic E-state index is 12.5. The number of ether oxygens (including phenoxy) is 1. The summed E-state index contributed by atoms with van der Waals surface area (Å²) in [5.41, 5.74) is 2.03. The fraction of sp³-hybridized carbons (Fsp3) is 0.800. The molecule has 1 aromatic heterocycles. The highest BCUT2D eigenvalue weighted by atomic mass is 32.2. The summed E-state index contributed by atoms with van der Waals surface area (Å²) in [6.07, 6.45) is 4.43. The zero-order valence-corrected chi connectivity index (χ0v) is 14.9. The molecule has 0 radical (unpaired) electrons. The van der Waals surface area contributed by atoms with Crippen LogP contribution in [0.15, 0.2) is 6.33 Å². The Morgan fingerprint density at radius 2 is 2.13 bits per heavy atom. The van der Waals surface area contributed by atoms with Gasteiger partial charge in [-0.3, -0.25) is 0 Å². The van der Waals surface area contributed by atoms with E-state index < -0.39 is 10.2 Å². The fourth-order valence-corrected chi connectivity index (χ4v) is 4.23. The first-order valence-corrected chi connectivity index (χ1v) is 9.62. The lowest BCUT2D eigenvalue weighted by Gasteiger charge is -2.33. The Hall–Kier alpha value is -0.960. The number of hydrogen-bond acceptors (Lipinski definition) is 4. The van der Waals surface area contributed by atoms with Gasteiger partial charge in [0, 0.05) is 45.4 Å². The molecular formula is C15H26N4O3S. The zero-order chi connectivity index (χ0) is 16.6. The molecule has 0 spiro atoms. The first kappa shape index (κ1) is 16.9. The molecule has 1 unspecified atom stereocenters. The van der Waals surface area contributed by atoms with Crippen molar-refractivity contribution < 1.29 is 13.2 Å². The SMILES string of the molecule is CCOCC1CN(S(=O)(=O)N(C)C)Cc2ncn(CC3CC3)c21. The summed E-state index contributed by atoms with van der Waals surface area (Å²) in [5.74, 6) is 0.791. The predicted molar refractivity (Wildman–Crippen MR) is 87.2 cm³/mol. The van der Waals surface area contributed by atoms with Crippen LogP contribution in [0.1, 0.15) is 37.1 Å². The molecule has 1 fully saturated rings. The van der Waals surface area contributed by atoms with Crippen molar-refractivity contribution in [3.63, 3.8) is 0 Å². The highest BCUT2D eigenvalue weighted by molar-refractivity contribution is 7.86. The minimum absolute atomic E-state index is 0.0367. The molecule has 0 amide bonds. The minimum atomic E-state index is -3.44. The third-order valence-corrected chi connectivity index (χ3v) is 6.41. The number of rotatable bonds is 7. The van der Waals surface area contributed by atoms with Crippen molar-refractivity contribution in [1.29, 1.82) is 0 Å². The molecular weight excluding hydrogens is 316 g/mol.